The Labute approximate surface area is 106 Å². The number of pyridine rings is 1. The molecule has 0 saturated carbocycles. The Balaban J connectivity index is 2.25. The standard InChI is InChI=1S/C12H17ClN4/c1-12(2,6-13)7-15-11-10-9(4-5-14-11)17(3)8-16-10/h4-5,8H,6-7H2,1-3H3,(H,14,15). The van der Waals surface area contributed by atoms with Gasteiger partial charge in [-0.1, -0.05) is 13.8 Å². The molecular weight excluding hydrogens is 236 g/mol. The van der Waals surface area contributed by atoms with E-state index in [1.807, 2.05) is 17.7 Å². The monoisotopic (exact) mass is 252 g/mol. The number of alkyl halides is 1. The Morgan fingerprint density at radius 3 is 2.88 bits per heavy atom. The fourth-order valence-corrected chi connectivity index (χ4v) is 1.66. The molecule has 2 rings (SSSR count). The maximum atomic E-state index is 5.90. The van der Waals surface area contributed by atoms with E-state index in [9.17, 15) is 0 Å². The summed E-state index contributed by atoms with van der Waals surface area (Å²) in [5.41, 5.74) is 2.02. The molecule has 0 atom stereocenters. The van der Waals surface area contributed by atoms with Gasteiger partial charge in [0.2, 0.25) is 0 Å². The number of aryl methyl sites for hydroxylation is 1. The van der Waals surface area contributed by atoms with E-state index in [0.29, 0.717) is 5.88 Å². The molecule has 2 aromatic rings. The number of nitrogens with one attached hydrogen (secondary N) is 1. The summed E-state index contributed by atoms with van der Waals surface area (Å²) in [6, 6.07) is 1.96. The fourth-order valence-electron chi connectivity index (χ4n) is 1.56. The summed E-state index contributed by atoms with van der Waals surface area (Å²) < 4.78 is 1.98. The Morgan fingerprint density at radius 1 is 1.41 bits per heavy atom. The zero-order valence-corrected chi connectivity index (χ0v) is 11.1. The number of imidazole rings is 1. The molecule has 2 aromatic heterocycles. The minimum atomic E-state index is 0.0418. The van der Waals surface area contributed by atoms with Crippen molar-refractivity contribution in [3.63, 3.8) is 0 Å². The van der Waals surface area contributed by atoms with Crippen LogP contribution in [0.25, 0.3) is 11.0 Å². The van der Waals surface area contributed by atoms with Crippen molar-refractivity contribution in [3.05, 3.63) is 18.6 Å². The van der Waals surface area contributed by atoms with Gasteiger partial charge in [0, 0.05) is 25.7 Å². The number of aromatic nitrogens is 3. The lowest BCUT2D eigenvalue weighted by Crippen LogP contribution is -2.25. The molecule has 0 aromatic carbocycles. The summed E-state index contributed by atoms with van der Waals surface area (Å²) in [7, 11) is 1.97. The van der Waals surface area contributed by atoms with Crippen molar-refractivity contribution in [2.24, 2.45) is 12.5 Å². The lowest BCUT2D eigenvalue weighted by molar-refractivity contribution is 0.450. The molecule has 0 aliphatic rings. The van der Waals surface area contributed by atoms with Gasteiger partial charge < -0.3 is 9.88 Å². The number of halogens is 1. The first-order valence-electron chi connectivity index (χ1n) is 5.59. The van der Waals surface area contributed by atoms with Crippen molar-refractivity contribution in [2.75, 3.05) is 17.7 Å². The van der Waals surface area contributed by atoms with E-state index in [0.717, 1.165) is 23.4 Å². The van der Waals surface area contributed by atoms with E-state index in [1.165, 1.54) is 0 Å². The second kappa shape index (κ2) is 4.53. The number of hydrogen-bond donors (Lipinski definition) is 1. The second-order valence-corrected chi connectivity index (χ2v) is 5.30. The highest BCUT2D eigenvalue weighted by atomic mass is 35.5. The van der Waals surface area contributed by atoms with Crippen LogP contribution in [0.4, 0.5) is 5.82 Å². The molecule has 17 heavy (non-hydrogen) atoms. The summed E-state index contributed by atoms with van der Waals surface area (Å²) in [5.74, 6) is 1.43. The molecule has 0 bridgehead atoms. The highest BCUT2D eigenvalue weighted by Gasteiger charge is 2.17. The highest BCUT2D eigenvalue weighted by molar-refractivity contribution is 6.18. The van der Waals surface area contributed by atoms with Gasteiger partial charge in [-0.25, -0.2) is 9.97 Å². The van der Waals surface area contributed by atoms with Crippen LogP contribution in [0.2, 0.25) is 0 Å². The van der Waals surface area contributed by atoms with Crippen molar-refractivity contribution in [1.82, 2.24) is 14.5 Å². The Kier molecular flexibility index (Phi) is 3.24. The van der Waals surface area contributed by atoms with E-state index >= 15 is 0 Å². The van der Waals surface area contributed by atoms with Crippen molar-refractivity contribution in [1.29, 1.82) is 0 Å². The minimum Gasteiger partial charge on any atom is -0.368 e. The molecule has 4 nitrogen and oxygen atoms in total. The number of hydrogen-bond acceptors (Lipinski definition) is 3. The lowest BCUT2D eigenvalue weighted by atomic mass is 9.96. The van der Waals surface area contributed by atoms with Gasteiger partial charge in [0.1, 0.15) is 5.52 Å². The van der Waals surface area contributed by atoms with E-state index < -0.39 is 0 Å². The predicted octanol–water partition coefficient (Wildman–Crippen LogP) is 2.65. The largest absolute Gasteiger partial charge is 0.368 e. The first-order chi connectivity index (χ1) is 8.03. The third-order valence-electron chi connectivity index (χ3n) is 2.74. The van der Waals surface area contributed by atoms with Crippen LogP contribution in [0.3, 0.4) is 0 Å². The first kappa shape index (κ1) is 12.2. The van der Waals surface area contributed by atoms with Crippen LogP contribution < -0.4 is 5.32 Å². The van der Waals surface area contributed by atoms with Crippen LogP contribution in [-0.2, 0) is 7.05 Å². The number of nitrogens with zero attached hydrogens (tertiary/aromatic N) is 3. The molecule has 0 spiro atoms. The molecule has 2 heterocycles. The molecule has 5 heteroatoms. The first-order valence-corrected chi connectivity index (χ1v) is 6.13. The zero-order valence-electron chi connectivity index (χ0n) is 10.4. The van der Waals surface area contributed by atoms with Gasteiger partial charge in [-0.05, 0) is 11.5 Å². The van der Waals surface area contributed by atoms with Gasteiger partial charge in [-0.15, -0.1) is 11.6 Å². The van der Waals surface area contributed by atoms with Gasteiger partial charge in [-0.3, -0.25) is 0 Å². The van der Waals surface area contributed by atoms with Crippen molar-refractivity contribution in [3.8, 4) is 0 Å². The van der Waals surface area contributed by atoms with E-state index in [-0.39, 0.29) is 5.41 Å². The number of anilines is 1. The van der Waals surface area contributed by atoms with Crippen LogP contribution in [0.1, 0.15) is 13.8 Å². The molecule has 0 fully saturated rings. The van der Waals surface area contributed by atoms with Gasteiger partial charge in [0.15, 0.2) is 5.82 Å². The second-order valence-electron chi connectivity index (χ2n) is 5.03. The summed E-state index contributed by atoms with van der Waals surface area (Å²) in [6.07, 6.45) is 3.59. The minimum absolute atomic E-state index is 0.0418. The quantitative estimate of drug-likeness (QED) is 0.851. The SMILES string of the molecule is Cn1cnc2c(NCC(C)(C)CCl)nccc21. The molecule has 1 N–H and O–H groups in total. The molecule has 0 aliphatic carbocycles. The normalized spacial score (nSPS) is 12.0. The van der Waals surface area contributed by atoms with Crippen LogP contribution in [0.5, 0.6) is 0 Å². The third-order valence-corrected chi connectivity index (χ3v) is 3.46. The topological polar surface area (TPSA) is 42.7 Å². The number of fused-ring (bicyclic) bond motifs is 1. The van der Waals surface area contributed by atoms with Crippen molar-refractivity contribution < 1.29 is 0 Å². The Bertz CT molecular complexity index is 518. The molecule has 0 unspecified atom stereocenters. The van der Waals surface area contributed by atoms with E-state index in [2.05, 4.69) is 29.1 Å². The molecule has 0 aliphatic heterocycles. The van der Waals surface area contributed by atoms with E-state index in [1.54, 1.807) is 12.5 Å². The van der Waals surface area contributed by atoms with Crippen LogP contribution in [0.15, 0.2) is 18.6 Å². The van der Waals surface area contributed by atoms with Crippen LogP contribution in [0, 0.1) is 5.41 Å². The maximum absolute atomic E-state index is 5.90. The van der Waals surface area contributed by atoms with Gasteiger partial charge in [-0.2, -0.15) is 0 Å². The maximum Gasteiger partial charge on any atom is 0.154 e. The van der Waals surface area contributed by atoms with Gasteiger partial charge in [0.05, 0.1) is 11.8 Å². The van der Waals surface area contributed by atoms with Crippen LogP contribution in [-0.4, -0.2) is 27.0 Å². The molecule has 0 radical (unpaired) electrons. The average molecular weight is 253 g/mol. The molecule has 92 valence electrons. The van der Waals surface area contributed by atoms with Gasteiger partial charge in [0.25, 0.3) is 0 Å². The molecule has 0 saturated heterocycles. The molecule has 0 amide bonds. The fraction of sp³-hybridized carbons (Fsp3) is 0.500. The third kappa shape index (κ3) is 2.52. The van der Waals surface area contributed by atoms with Crippen LogP contribution >= 0.6 is 11.6 Å². The Morgan fingerprint density at radius 2 is 2.18 bits per heavy atom. The number of rotatable bonds is 4. The summed E-state index contributed by atoms with van der Waals surface area (Å²) >= 11 is 5.90. The van der Waals surface area contributed by atoms with E-state index in [4.69, 9.17) is 11.6 Å². The summed E-state index contributed by atoms with van der Waals surface area (Å²) in [4.78, 5) is 8.68. The zero-order chi connectivity index (χ0) is 12.5. The molecular formula is C12H17ClN4. The summed E-state index contributed by atoms with van der Waals surface area (Å²) in [5, 5.41) is 3.32. The predicted molar refractivity (Wildman–Crippen MR) is 71.5 cm³/mol. The summed E-state index contributed by atoms with van der Waals surface area (Å²) in [6.45, 7) is 5.01. The smallest absolute Gasteiger partial charge is 0.154 e. The van der Waals surface area contributed by atoms with Crippen molar-refractivity contribution >= 4 is 28.5 Å². The lowest BCUT2D eigenvalue weighted by Gasteiger charge is -2.21. The Hall–Kier alpha value is -1.29. The van der Waals surface area contributed by atoms with Gasteiger partial charge >= 0.3 is 0 Å². The van der Waals surface area contributed by atoms with Crippen molar-refractivity contribution in [2.45, 2.75) is 13.8 Å². The highest BCUT2D eigenvalue weighted by Crippen LogP contribution is 2.22. The average Bonchev–Trinajstić information content (AvgIpc) is 2.70.